The van der Waals surface area contributed by atoms with Crippen molar-refractivity contribution in [2.75, 3.05) is 18.6 Å². The number of carbonyl (C=O) groups is 2. The molecule has 21 heavy (non-hydrogen) atoms. The fraction of sp³-hybridized carbons (Fsp3) is 0.467. The molecule has 0 radical (unpaired) electrons. The number of ether oxygens (including phenoxy) is 1. The van der Waals surface area contributed by atoms with Gasteiger partial charge < -0.3 is 10.1 Å². The Hall–Kier alpha value is -1.75. The van der Waals surface area contributed by atoms with Crippen molar-refractivity contribution in [3.8, 4) is 5.75 Å². The molecule has 2 aliphatic rings. The molecule has 1 N–H and O–H groups in total. The number of aryl methyl sites for hydroxylation is 1. The summed E-state index contributed by atoms with van der Waals surface area (Å²) in [6.45, 7) is 1.87. The zero-order valence-electron chi connectivity index (χ0n) is 12.0. The van der Waals surface area contributed by atoms with Crippen LogP contribution in [0.15, 0.2) is 12.1 Å². The van der Waals surface area contributed by atoms with E-state index in [4.69, 9.17) is 16.3 Å². The number of halogens is 1. The molecular weight excluding hydrogens is 292 g/mol. The van der Waals surface area contributed by atoms with Gasteiger partial charge in [0.2, 0.25) is 11.8 Å². The summed E-state index contributed by atoms with van der Waals surface area (Å²) in [5.41, 5.74) is 1.44. The summed E-state index contributed by atoms with van der Waals surface area (Å²) in [6.07, 6.45) is 1.97. The third kappa shape index (κ3) is 2.58. The Morgan fingerprint density at radius 2 is 2.05 bits per heavy atom. The second-order valence-corrected chi connectivity index (χ2v) is 5.99. The normalized spacial score (nSPS) is 22.2. The lowest BCUT2D eigenvalue weighted by Gasteiger charge is -2.33. The van der Waals surface area contributed by atoms with Crippen LogP contribution >= 0.6 is 11.6 Å². The fourth-order valence-electron chi connectivity index (χ4n) is 2.65. The van der Waals surface area contributed by atoms with Crippen LogP contribution < -0.4 is 15.0 Å². The average Bonchev–Trinajstić information content (AvgIpc) is 3.28. The second kappa shape index (κ2) is 5.22. The van der Waals surface area contributed by atoms with Crippen molar-refractivity contribution in [1.29, 1.82) is 0 Å². The molecular formula is C15H17ClN2O3. The second-order valence-electron chi connectivity index (χ2n) is 5.58. The number of nitrogens with zero attached hydrogens (tertiary/aromatic N) is 1. The summed E-state index contributed by atoms with van der Waals surface area (Å²) >= 11 is 6.09. The summed E-state index contributed by atoms with van der Waals surface area (Å²) in [4.78, 5) is 26.1. The van der Waals surface area contributed by atoms with E-state index >= 15 is 0 Å². The molecule has 1 unspecified atom stereocenters. The van der Waals surface area contributed by atoms with Crippen molar-refractivity contribution in [3.63, 3.8) is 0 Å². The number of piperazine rings is 1. The molecule has 2 amide bonds. The highest BCUT2D eigenvalue weighted by atomic mass is 35.5. The molecule has 0 bridgehead atoms. The quantitative estimate of drug-likeness (QED) is 0.928. The Bertz CT molecular complexity index is 613. The minimum absolute atomic E-state index is 0.0134. The fourth-order valence-corrected chi connectivity index (χ4v) is 2.80. The Morgan fingerprint density at radius 3 is 2.67 bits per heavy atom. The maximum absolute atomic E-state index is 12.6. The van der Waals surface area contributed by atoms with Crippen molar-refractivity contribution >= 4 is 29.1 Å². The third-order valence-electron chi connectivity index (χ3n) is 3.99. The maximum Gasteiger partial charge on any atom is 0.250 e. The number of rotatable bonds is 3. The van der Waals surface area contributed by atoms with Crippen molar-refractivity contribution in [2.24, 2.45) is 5.92 Å². The van der Waals surface area contributed by atoms with E-state index in [0.717, 1.165) is 18.4 Å². The van der Waals surface area contributed by atoms with Gasteiger partial charge in [-0.3, -0.25) is 14.5 Å². The summed E-state index contributed by atoms with van der Waals surface area (Å²) in [7, 11) is 1.53. The number of carbonyl (C=O) groups excluding carboxylic acids is 2. The van der Waals surface area contributed by atoms with E-state index < -0.39 is 6.04 Å². The molecule has 1 aromatic carbocycles. The minimum atomic E-state index is -0.410. The van der Waals surface area contributed by atoms with Crippen molar-refractivity contribution in [1.82, 2.24) is 5.32 Å². The summed E-state index contributed by atoms with van der Waals surface area (Å²) in [5, 5.41) is 3.37. The van der Waals surface area contributed by atoms with E-state index in [1.54, 1.807) is 12.1 Å². The smallest absolute Gasteiger partial charge is 0.250 e. The molecule has 5 nitrogen and oxygen atoms in total. The van der Waals surface area contributed by atoms with E-state index in [9.17, 15) is 9.59 Å². The van der Waals surface area contributed by atoms with Gasteiger partial charge in [0.25, 0.3) is 0 Å². The summed E-state index contributed by atoms with van der Waals surface area (Å²) in [6, 6.07) is 3.06. The number of methoxy groups -OCH3 is 1. The molecule has 0 aromatic heterocycles. The Kier molecular flexibility index (Phi) is 3.53. The number of amides is 2. The molecule has 0 spiro atoms. The Labute approximate surface area is 128 Å². The topological polar surface area (TPSA) is 58.6 Å². The predicted octanol–water partition coefficient (Wildman–Crippen LogP) is 1.90. The summed E-state index contributed by atoms with van der Waals surface area (Å²) in [5.74, 6) is 0.560. The first kappa shape index (κ1) is 14.2. The lowest BCUT2D eigenvalue weighted by Crippen LogP contribution is -2.59. The van der Waals surface area contributed by atoms with E-state index in [1.807, 2.05) is 6.92 Å². The van der Waals surface area contributed by atoms with Crippen LogP contribution in [0, 0.1) is 12.8 Å². The van der Waals surface area contributed by atoms with Crippen LogP contribution in [0.3, 0.4) is 0 Å². The SMILES string of the molecule is COc1cc(Cl)c(C)cc1N1CC(=O)NC(C2CC2)C1=O. The lowest BCUT2D eigenvalue weighted by atomic mass is 10.1. The van der Waals surface area contributed by atoms with Crippen LogP contribution in [0.1, 0.15) is 18.4 Å². The molecule has 1 saturated carbocycles. The average molecular weight is 309 g/mol. The third-order valence-corrected chi connectivity index (χ3v) is 4.40. The van der Waals surface area contributed by atoms with Crippen molar-refractivity contribution in [2.45, 2.75) is 25.8 Å². The molecule has 1 saturated heterocycles. The van der Waals surface area contributed by atoms with Gasteiger partial charge in [0.1, 0.15) is 18.3 Å². The first-order chi connectivity index (χ1) is 10.0. The van der Waals surface area contributed by atoms with Gasteiger partial charge in [-0.15, -0.1) is 0 Å². The Morgan fingerprint density at radius 1 is 1.33 bits per heavy atom. The lowest BCUT2D eigenvalue weighted by molar-refractivity contribution is -0.131. The van der Waals surface area contributed by atoms with Crippen LogP contribution in [-0.4, -0.2) is 31.5 Å². The number of hydrogen-bond donors (Lipinski definition) is 1. The van der Waals surface area contributed by atoms with Gasteiger partial charge in [0.05, 0.1) is 12.8 Å². The zero-order valence-corrected chi connectivity index (χ0v) is 12.7. The van der Waals surface area contributed by atoms with E-state index in [2.05, 4.69) is 5.32 Å². The van der Waals surface area contributed by atoms with Crippen LogP contribution in [0.25, 0.3) is 0 Å². The van der Waals surface area contributed by atoms with Crippen LogP contribution in [-0.2, 0) is 9.59 Å². The highest BCUT2D eigenvalue weighted by Gasteiger charge is 2.43. The molecule has 1 aliphatic carbocycles. The number of anilines is 1. The summed E-state index contributed by atoms with van der Waals surface area (Å²) < 4.78 is 5.32. The van der Waals surface area contributed by atoms with Gasteiger partial charge in [-0.2, -0.15) is 0 Å². The van der Waals surface area contributed by atoms with Crippen molar-refractivity contribution < 1.29 is 14.3 Å². The van der Waals surface area contributed by atoms with E-state index in [1.165, 1.54) is 12.0 Å². The van der Waals surface area contributed by atoms with Gasteiger partial charge in [0, 0.05) is 11.1 Å². The zero-order chi connectivity index (χ0) is 15.1. The number of hydrogen-bond acceptors (Lipinski definition) is 3. The molecule has 112 valence electrons. The number of benzene rings is 1. The monoisotopic (exact) mass is 308 g/mol. The highest BCUT2D eigenvalue weighted by Crippen LogP contribution is 2.38. The molecule has 1 heterocycles. The van der Waals surface area contributed by atoms with Crippen molar-refractivity contribution in [3.05, 3.63) is 22.7 Å². The molecule has 1 aliphatic heterocycles. The van der Waals surface area contributed by atoms with Gasteiger partial charge in [-0.1, -0.05) is 11.6 Å². The molecule has 2 fully saturated rings. The van der Waals surface area contributed by atoms with E-state index in [0.29, 0.717) is 16.5 Å². The number of nitrogens with one attached hydrogen (secondary N) is 1. The standard InChI is InChI=1S/C15H17ClN2O3/c1-8-5-11(12(21-2)6-10(8)16)18-7-13(19)17-14(15(18)20)9-3-4-9/h5-6,9,14H,3-4,7H2,1-2H3,(H,17,19). The molecule has 3 rings (SSSR count). The van der Waals surface area contributed by atoms with Crippen LogP contribution in [0.2, 0.25) is 5.02 Å². The first-order valence-corrected chi connectivity index (χ1v) is 7.34. The molecule has 1 aromatic rings. The van der Waals surface area contributed by atoms with E-state index in [-0.39, 0.29) is 24.3 Å². The van der Waals surface area contributed by atoms with Gasteiger partial charge in [-0.05, 0) is 37.3 Å². The van der Waals surface area contributed by atoms with Gasteiger partial charge >= 0.3 is 0 Å². The Balaban J connectivity index is 1.99. The molecule has 1 atom stereocenters. The van der Waals surface area contributed by atoms with Gasteiger partial charge in [-0.25, -0.2) is 0 Å². The van der Waals surface area contributed by atoms with Crippen LogP contribution in [0.4, 0.5) is 5.69 Å². The highest BCUT2D eigenvalue weighted by molar-refractivity contribution is 6.31. The maximum atomic E-state index is 12.6. The van der Waals surface area contributed by atoms with Gasteiger partial charge in [0.15, 0.2) is 0 Å². The van der Waals surface area contributed by atoms with Crippen LogP contribution in [0.5, 0.6) is 5.75 Å². The largest absolute Gasteiger partial charge is 0.495 e. The predicted molar refractivity (Wildman–Crippen MR) is 79.7 cm³/mol. The first-order valence-electron chi connectivity index (χ1n) is 6.96. The molecule has 6 heteroatoms. The minimum Gasteiger partial charge on any atom is -0.495 e.